The number of carbonyl (C=O) groups excluding carboxylic acids is 1. The topological polar surface area (TPSA) is 78.0 Å². The summed E-state index contributed by atoms with van der Waals surface area (Å²) in [6.07, 6.45) is 4.07. The van der Waals surface area contributed by atoms with Crippen molar-refractivity contribution >= 4 is 5.91 Å². The summed E-state index contributed by atoms with van der Waals surface area (Å²) >= 11 is 0. The van der Waals surface area contributed by atoms with Crippen LogP contribution < -0.4 is 5.32 Å². The Hall–Kier alpha value is -2.58. The molecule has 0 fully saturated rings. The fourth-order valence-electron chi connectivity index (χ4n) is 1.68. The largest absolute Gasteiger partial charge is 0.384 e. The van der Waals surface area contributed by atoms with Crippen LogP contribution in [0.15, 0.2) is 36.8 Å². The van der Waals surface area contributed by atoms with Crippen molar-refractivity contribution in [1.29, 1.82) is 0 Å². The van der Waals surface area contributed by atoms with E-state index in [0.717, 1.165) is 11.3 Å². The normalized spacial score (nSPS) is 9.65. The molecule has 2 aromatic rings. The number of hydrogen-bond donors (Lipinski definition) is 3. The van der Waals surface area contributed by atoms with E-state index < -0.39 is 0 Å². The molecule has 5 heteroatoms. The summed E-state index contributed by atoms with van der Waals surface area (Å²) in [6, 6.07) is 6.94. The maximum Gasteiger partial charge on any atom is 0.251 e. The molecule has 0 atom stereocenters. The molecular weight excluding hydrogens is 254 g/mol. The smallest absolute Gasteiger partial charge is 0.251 e. The lowest BCUT2D eigenvalue weighted by molar-refractivity contribution is 0.0954. The second-order valence-electron chi connectivity index (χ2n) is 4.12. The number of benzene rings is 1. The van der Waals surface area contributed by atoms with E-state index in [1.165, 1.54) is 0 Å². The number of carbonyl (C=O) groups is 1. The molecular formula is C15H15N3O2. The molecule has 0 bridgehead atoms. The molecule has 102 valence electrons. The minimum absolute atomic E-state index is 0.119. The van der Waals surface area contributed by atoms with Gasteiger partial charge in [-0.2, -0.15) is 0 Å². The number of aliphatic hydroxyl groups is 1. The van der Waals surface area contributed by atoms with Crippen LogP contribution in [0.3, 0.4) is 0 Å². The van der Waals surface area contributed by atoms with Crippen LogP contribution in [-0.4, -0.2) is 34.1 Å². The molecule has 1 aromatic heterocycles. The molecule has 0 aliphatic heterocycles. The quantitative estimate of drug-likeness (QED) is 0.716. The van der Waals surface area contributed by atoms with Crippen molar-refractivity contribution in [3.05, 3.63) is 53.6 Å². The van der Waals surface area contributed by atoms with Crippen molar-refractivity contribution in [2.75, 3.05) is 13.2 Å². The van der Waals surface area contributed by atoms with Crippen LogP contribution in [-0.2, 0) is 6.42 Å². The predicted molar refractivity (Wildman–Crippen MR) is 75.0 cm³/mol. The summed E-state index contributed by atoms with van der Waals surface area (Å²) in [6.45, 7) is 0.378. The third kappa shape index (κ3) is 3.97. The fourth-order valence-corrected chi connectivity index (χ4v) is 1.68. The van der Waals surface area contributed by atoms with Gasteiger partial charge in [0.15, 0.2) is 0 Å². The van der Waals surface area contributed by atoms with Gasteiger partial charge >= 0.3 is 0 Å². The highest BCUT2D eigenvalue weighted by Gasteiger charge is 2.04. The van der Waals surface area contributed by atoms with E-state index in [0.29, 0.717) is 18.5 Å². The molecule has 0 saturated heterocycles. The Morgan fingerprint density at radius 3 is 2.80 bits per heavy atom. The van der Waals surface area contributed by atoms with Gasteiger partial charge in [0.25, 0.3) is 5.91 Å². The number of aliphatic hydroxyl groups excluding tert-OH is 1. The van der Waals surface area contributed by atoms with Crippen LogP contribution in [0.25, 0.3) is 0 Å². The number of hydrogen-bond acceptors (Lipinski definition) is 3. The minimum Gasteiger partial charge on any atom is -0.384 e. The SMILES string of the molecule is O=C(NCCc1cnc[nH]1)c1ccc(C#CCO)cc1. The standard InChI is InChI=1S/C15H15N3O2/c19-9-1-2-12-3-5-13(6-4-12)15(20)17-8-7-14-10-16-11-18-14/h3-6,10-11,19H,7-9H2,(H,16,18)(H,17,20). The number of nitrogens with zero attached hydrogens (tertiary/aromatic N) is 1. The van der Waals surface area contributed by atoms with Crippen molar-refractivity contribution in [2.24, 2.45) is 0 Å². The van der Waals surface area contributed by atoms with Gasteiger partial charge < -0.3 is 15.4 Å². The molecule has 2 rings (SSSR count). The van der Waals surface area contributed by atoms with Crippen LogP contribution in [0.1, 0.15) is 21.6 Å². The Labute approximate surface area is 117 Å². The fraction of sp³-hybridized carbons (Fsp3) is 0.200. The van der Waals surface area contributed by atoms with E-state index in [4.69, 9.17) is 5.11 Å². The highest BCUT2D eigenvalue weighted by molar-refractivity contribution is 5.94. The summed E-state index contributed by atoms with van der Waals surface area (Å²) in [5, 5.41) is 11.4. The number of aromatic amines is 1. The van der Waals surface area contributed by atoms with Gasteiger partial charge in [0.2, 0.25) is 0 Å². The number of H-pyrrole nitrogens is 1. The number of rotatable bonds is 4. The third-order valence-electron chi connectivity index (χ3n) is 2.69. The molecule has 0 spiro atoms. The average Bonchev–Trinajstić information content (AvgIpc) is 2.99. The molecule has 0 radical (unpaired) electrons. The minimum atomic E-state index is -0.171. The highest BCUT2D eigenvalue weighted by Crippen LogP contribution is 2.03. The van der Waals surface area contributed by atoms with E-state index in [9.17, 15) is 4.79 Å². The Bertz CT molecular complexity index is 607. The van der Waals surface area contributed by atoms with Crippen molar-refractivity contribution < 1.29 is 9.90 Å². The van der Waals surface area contributed by atoms with Crippen molar-refractivity contribution in [2.45, 2.75) is 6.42 Å². The summed E-state index contributed by atoms with van der Waals surface area (Å²) < 4.78 is 0. The predicted octanol–water partition coefficient (Wildman–Crippen LogP) is 0.726. The van der Waals surface area contributed by atoms with E-state index in [2.05, 4.69) is 27.1 Å². The Morgan fingerprint density at radius 2 is 2.15 bits per heavy atom. The number of nitrogens with one attached hydrogen (secondary N) is 2. The van der Waals surface area contributed by atoms with E-state index in [1.807, 2.05) is 0 Å². The molecule has 0 aliphatic rings. The highest BCUT2D eigenvalue weighted by atomic mass is 16.2. The van der Waals surface area contributed by atoms with Gasteiger partial charge in [-0.3, -0.25) is 4.79 Å². The first-order chi connectivity index (χ1) is 9.79. The maximum atomic E-state index is 11.9. The maximum absolute atomic E-state index is 11.9. The van der Waals surface area contributed by atoms with E-state index in [1.54, 1.807) is 36.8 Å². The van der Waals surface area contributed by atoms with Gasteiger partial charge in [-0.05, 0) is 24.3 Å². The molecule has 0 aliphatic carbocycles. The first-order valence-corrected chi connectivity index (χ1v) is 6.25. The average molecular weight is 269 g/mol. The van der Waals surface area contributed by atoms with Crippen LogP contribution in [0, 0.1) is 11.8 Å². The summed E-state index contributed by atoms with van der Waals surface area (Å²) in [5.41, 5.74) is 2.34. The summed E-state index contributed by atoms with van der Waals surface area (Å²) in [4.78, 5) is 18.8. The number of imidazole rings is 1. The zero-order valence-electron chi connectivity index (χ0n) is 10.9. The Morgan fingerprint density at radius 1 is 1.35 bits per heavy atom. The second-order valence-corrected chi connectivity index (χ2v) is 4.12. The van der Waals surface area contributed by atoms with Gasteiger partial charge in [-0.1, -0.05) is 11.8 Å². The van der Waals surface area contributed by atoms with Crippen molar-refractivity contribution in [1.82, 2.24) is 15.3 Å². The number of amides is 1. The zero-order valence-corrected chi connectivity index (χ0v) is 10.9. The molecule has 0 saturated carbocycles. The van der Waals surface area contributed by atoms with Crippen LogP contribution in [0.4, 0.5) is 0 Å². The molecule has 20 heavy (non-hydrogen) atoms. The summed E-state index contributed by atoms with van der Waals surface area (Å²) in [5.74, 6) is 5.22. The van der Waals surface area contributed by atoms with E-state index in [-0.39, 0.29) is 12.5 Å². The van der Waals surface area contributed by atoms with Gasteiger partial charge in [0.1, 0.15) is 6.61 Å². The second kappa shape index (κ2) is 7.12. The molecule has 3 N–H and O–H groups in total. The van der Waals surface area contributed by atoms with E-state index >= 15 is 0 Å². The molecule has 5 nitrogen and oxygen atoms in total. The molecule has 1 amide bonds. The molecule has 1 aromatic carbocycles. The van der Waals surface area contributed by atoms with Crippen molar-refractivity contribution in [3.8, 4) is 11.8 Å². The van der Waals surface area contributed by atoms with Gasteiger partial charge in [0, 0.05) is 36.0 Å². The van der Waals surface area contributed by atoms with Gasteiger partial charge in [-0.15, -0.1) is 0 Å². The third-order valence-corrected chi connectivity index (χ3v) is 2.69. The molecule has 0 unspecified atom stereocenters. The van der Waals surface area contributed by atoms with Crippen molar-refractivity contribution in [3.63, 3.8) is 0 Å². The first kappa shape index (κ1) is 13.8. The van der Waals surface area contributed by atoms with Crippen LogP contribution >= 0.6 is 0 Å². The van der Waals surface area contributed by atoms with Gasteiger partial charge in [-0.25, -0.2) is 4.98 Å². The lowest BCUT2D eigenvalue weighted by Gasteiger charge is -2.04. The monoisotopic (exact) mass is 269 g/mol. The van der Waals surface area contributed by atoms with Gasteiger partial charge in [0.05, 0.1) is 6.33 Å². The summed E-state index contributed by atoms with van der Waals surface area (Å²) in [7, 11) is 0. The Balaban J connectivity index is 1.85. The zero-order chi connectivity index (χ0) is 14.2. The lowest BCUT2D eigenvalue weighted by Crippen LogP contribution is -2.25. The molecule has 1 heterocycles. The lowest BCUT2D eigenvalue weighted by atomic mass is 10.1. The Kier molecular flexibility index (Phi) is 4.93. The first-order valence-electron chi connectivity index (χ1n) is 6.25. The van der Waals surface area contributed by atoms with Crippen LogP contribution in [0.5, 0.6) is 0 Å². The van der Waals surface area contributed by atoms with Crippen LogP contribution in [0.2, 0.25) is 0 Å². The number of aromatic nitrogens is 2.